The van der Waals surface area contributed by atoms with E-state index in [0.717, 1.165) is 47.1 Å². The SMILES string of the molecule is CCCCc1ccc(CC(NC(=O)OCC2c3ccccc3-c3ccccc32)C(=O)O)cc1. The van der Waals surface area contributed by atoms with Crippen LogP contribution in [0.4, 0.5) is 4.79 Å². The summed E-state index contributed by atoms with van der Waals surface area (Å²) >= 11 is 0. The first-order valence-electron chi connectivity index (χ1n) is 11.5. The van der Waals surface area contributed by atoms with Crippen LogP contribution >= 0.6 is 0 Å². The second-order valence-corrected chi connectivity index (χ2v) is 8.48. The van der Waals surface area contributed by atoms with Gasteiger partial charge in [-0.05, 0) is 46.2 Å². The summed E-state index contributed by atoms with van der Waals surface area (Å²) in [5, 5.41) is 12.1. The molecule has 3 aromatic carbocycles. The van der Waals surface area contributed by atoms with Crippen molar-refractivity contribution in [2.24, 2.45) is 0 Å². The summed E-state index contributed by atoms with van der Waals surface area (Å²) in [6.07, 6.45) is 2.75. The molecule has 0 spiro atoms. The van der Waals surface area contributed by atoms with Crippen molar-refractivity contribution >= 4 is 12.1 Å². The predicted octanol–water partition coefficient (Wildman–Crippen LogP) is 5.56. The fourth-order valence-corrected chi connectivity index (χ4v) is 4.44. The van der Waals surface area contributed by atoms with Gasteiger partial charge in [-0.15, -0.1) is 0 Å². The molecule has 0 fully saturated rings. The molecule has 1 aliphatic carbocycles. The first-order valence-corrected chi connectivity index (χ1v) is 11.5. The van der Waals surface area contributed by atoms with E-state index in [2.05, 4.69) is 24.4 Å². The number of carbonyl (C=O) groups is 2. The number of nitrogens with one attached hydrogen (secondary N) is 1. The Morgan fingerprint density at radius 1 is 0.909 bits per heavy atom. The van der Waals surface area contributed by atoms with Crippen molar-refractivity contribution in [2.45, 2.75) is 44.6 Å². The van der Waals surface area contributed by atoms with Crippen molar-refractivity contribution in [1.82, 2.24) is 5.32 Å². The highest BCUT2D eigenvalue weighted by molar-refractivity contribution is 5.81. The first kappa shape index (κ1) is 22.6. The summed E-state index contributed by atoms with van der Waals surface area (Å²) in [5.41, 5.74) is 6.62. The molecule has 4 rings (SSSR count). The van der Waals surface area contributed by atoms with E-state index in [4.69, 9.17) is 4.74 Å². The van der Waals surface area contributed by atoms with Crippen LogP contribution in [0.2, 0.25) is 0 Å². The summed E-state index contributed by atoms with van der Waals surface area (Å²) in [5.74, 6) is -1.15. The number of hydrogen-bond donors (Lipinski definition) is 2. The van der Waals surface area contributed by atoms with Crippen molar-refractivity contribution in [1.29, 1.82) is 0 Å². The largest absolute Gasteiger partial charge is 0.480 e. The minimum Gasteiger partial charge on any atom is -0.480 e. The number of hydrogen-bond acceptors (Lipinski definition) is 3. The number of carboxylic acids is 1. The van der Waals surface area contributed by atoms with Crippen LogP contribution in [0.5, 0.6) is 0 Å². The molecule has 1 unspecified atom stereocenters. The predicted molar refractivity (Wildman–Crippen MR) is 128 cm³/mol. The Labute approximate surface area is 194 Å². The minimum absolute atomic E-state index is 0.0675. The van der Waals surface area contributed by atoms with E-state index in [0.29, 0.717) is 0 Å². The quantitative estimate of drug-likeness (QED) is 0.454. The minimum atomic E-state index is -1.08. The smallest absolute Gasteiger partial charge is 0.407 e. The number of rotatable bonds is 9. The fourth-order valence-electron chi connectivity index (χ4n) is 4.44. The van der Waals surface area contributed by atoms with E-state index in [1.165, 1.54) is 5.56 Å². The second-order valence-electron chi connectivity index (χ2n) is 8.48. The number of amides is 1. The Hall–Kier alpha value is -3.60. The fraction of sp³-hybridized carbons (Fsp3) is 0.286. The zero-order valence-corrected chi connectivity index (χ0v) is 18.8. The molecule has 0 radical (unpaired) electrons. The third kappa shape index (κ3) is 5.25. The van der Waals surface area contributed by atoms with Gasteiger partial charge in [-0.3, -0.25) is 0 Å². The number of aliphatic carboxylic acids is 1. The van der Waals surface area contributed by atoms with Gasteiger partial charge in [0.1, 0.15) is 12.6 Å². The highest BCUT2D eigenvalue weighted by atomic mass is 16.5. The van der Waals surface area contributed by atoms with Crippen LogP contribution in [0.1, 0.15) is 47.9 Å². The van der Waals surface area contributed by atoms with Crippen LogP contribution in [-0.4, -0.2) is 29.8 Å². The van der Waals surface area contributed by atoms with Gasteiger partial charge in [0, 0.05) is 12.3 Å². The second kappa shape index (κ2) is 10.3. The zero-order valence-electron chi connectivity index (χ0n) is 18.8. The van der Waals surface area contributed by atoms with E-state index in [1.807, 2.05) is 60.7 Å². The van der Waals surface area contributed by atoms with E-state index in [1.54, 1.807) is 0 Å². The van der Waals surface area contributed by atoms with E-state index in [9.17, 15) is 14.7 Å². The Bertz CT molecular complexity index is 1080. The molecule has 0 saturated carbocycles. The number of unbranched alkanes of at least 4 members (excludes halogenated alkanes) is 1. The number of ether oxygens (including phenoxy) is 1. The Balaban J connectivity index is 1.38. The molecule has 2 N–H and O–H groups in total. The van der Waals surface area contributed by atoms with Gasteiger partial charge in [-0.25, -0.2) is 9.59 Å². The summed E-state index contributed by atoms with van der Waals surface area (Å²) < 4.78 is 5.51. The van der Waals surface area contributed by atoms with Gasteiger partial charge in [0.05, 0.1) is 0 Å². The third-order valence-electron chi connectivity index (χ3n) is 6.22. The highest BCUT2D eigenvalue weighted by Gasteiger charge is 2.29. The average molecular weight is 444 g/mol. The lowest BCUT2D eigenvalue weighted by Crippen LogP contribution is -2.42. The first-order chi connectivity index (χ1) is 16.1. The lowest BCUT2D eigenvalue weighted by Gasteiger charge is -2.17. The summed E-state index contributed by atoms with van der Waals surface area (Å²) in [6, 6.07) is 23.1. The molecular weight excluding hydrogens is 414 g/mol. The molecule has 5 heteroatoms. The van der Waals surface area contributed by atoms with Gasteiger partial charge in [-0.1, -0.05) is 86.1 Å². The third-order valence-corrected chi connectivity index (χ3v) is 6.22. The maximum absolute atomic E-state index is 12.5. The summed E-state index contributed by atoms with van der Waals surface area (Å²) in [4.78, 5) is 24.3. The van der Waals surface area contributed by atoms with Gasteiger partial charge < -0.3 is 15.2 Å². The Morgan fingerprint density at radius 3 is 2.06 bits per heavy atom. The van der Waals surface area contributed by atoms with Crippen LogP contribution in [-0.2, 0) is 22.4 Å². The number of carboxylic acid groups (broad SMARTS) is 1. The molecule has 0 bridgehead atoms. The van der Waals surface area contributed by atoms with Gasteiger partial charge in [-0.2, -0.15) is 0 Å². The summed E-state index contributed by atoms with van der Waals surface area (Å²) in [7, 11) is 0. The molecule has 1 atom stereocenters. The van der Waals surface area contributed by atoms with Crippen LogP contribution < -0.4 is 5.32 Å². The lowest BCUT2D eigenvalue weighted by molar-refractivity contribution is -0.139. The molecule has 5 nitrogen and oxygen atoms in total. The highest BCUT2D eigenvalue weighted by Crippen LogP contribution is 2.44. The number of alkyl carbamates (subject to hydrolysis) is 1. The van der Waals surface area contributed by atoms with E-state index < -0.39 is 18.1 Å². The molecule has 0 aromatic heterocycles. The number of benzene rings is 3. The van der Waals surface area contributed by atoms with Crippen LogP contribution in [0.15, 0.2) is 72.8 Å². The van der Waals surface area contributed by atoms with E-state index in [-0.39, 0.29) is 18.9 Å². The van der Waals surface area contributed by atoms with Crippen molar-refractivity contribution in [3.8, 4) is 11.1 Å². The van der Waals surface area contributed by atoms with Crippen molar-refractivity contribution in [2.75, 3.05) is 6.61 Å². The van der Waals surface area contributed by atoms with Crippen molar-refractivity contribution in [3.05, 3.63) is 95.1 Å². The molecule has 1 aliphatic rings. The maximum Gasteiger partial charge on any atom is 0.407 e. The van der Waals surface area contributed by atoms with Gasteiger partial charge >= 0.3 is 12.1 Å². The molecule has 0 saturated heterocycles. The number of carbonyl (C=O) groups excluding carboxylic acids is 1. The Kier molecular flexibility index (Phi) is 7.08. The monoisotopic (exact) mass is 443 g/mol. The normalized spacial score (nSPS) is 13.1. The number of fused-ring (bicyclic) bond motifs is 3. The standard InChI is InChI=1S/C28H29NO4/c1-2-3-8-19-13-15-20(16-14-19)17-26(27(30)31)29-28(32)33-18-25-23-11-6-4-9-21(23)22-10-5-7-12-24(22)25/h4-7,9-16,25-26H,2-3,8,17-18H2,1H3,(H,29,32)(H,30,31). The van der Waals surface area contributed by atoms with Crippen LogP contribution in [0, 0.1) is 0 Å². The van der Waals surface area contributed by atoms with Crippen molar-refractivity contribution < 1.29 is 19.4 Å². The molecule has 3 aromatic rings. The molecule has 0 heterocycles. The average Bonchev–Trinajstić information content (AvgIpc) is 3.15. The van der Waals surface area contributed by atoms with E-state index >= 15 is 0 Å². The lowest BCUT2D eigenvalue weighted by atomic mass is 9.98. The Morgan fingerprint density at radius 2 is 1.48 bits per heavy atom. The number of aryl methyl sites for hydroxylation is 1. The molecule has 33 heavy (non-hydrogen) atoms. The molecule has 1 amide bonds. The molecule has 170 valence electrons. The topological polar surface area (TPSA) is 75.6 Å². The van der Waals surface area contributed by atoms with Crippen LogP contribution in [0.3, 0.4) is 0 Å². The zero-order chi connectivity index (χ0) is 23.2. The molecular formula is C28H29NO4. The van der Waals surface area contributed by atoms with Gasteiger partial charge in [0.2, 0.25) is 0 Å². The van der Waals surface area contributed by atoms with Gasteiger partial charge in [0.25, 0.3) is 0 Å². The summed E-state index contributed by atoms with van der Waals surface area (Å²) in [6.45, 7) is 2.30. The van der Waals surface area contributed by atoms with Crippen molar-refractivity contribution in [3.63, 3.8) is 0 Å². The maximum atomic E-state index is 12.5. The van der Waals surface area contributed by atoms with Gasteiger partial charge in [0.15, 0.2) is 0 Å². The van der Waals surface area contributed by atoms with Crippen LogP contribution in [0.25, 0.3) is 11.1 Å². The molecule has 0 aliphatic heterocycles.